The van der Waals surface area contributed by atoms with Crippen molar-refractivity contribution in [3.8, 4) is 5.75 Å². The molecule has 0 amide bonds. The van der Waals surface area contributed by atoms with E-state index >= 15 is 0 Å². The average molecular weight is 286 g/mol. The van der Waals surface area contributed by atoms with E-state index in [0.29, 0.717) is 6.54 Å². The van der Waals surface area contributed by atoms with Gasteiger partial charge in [0, 0.05) is 37.1 Å². The summed E-state index contributed by atoms with van der Waals surface area (Å²) in [5, 5.41) is 12.3. The number of nitrogens with zero attached hydrogens (tertiary/aromatic N) is 1. The van der Waals surface area contributed by atoms with Gasteiger partial charge in [0.25, 0.3) is 0 Å². The van der Waals surface area contributed by atoms with Crippen molar-refractivity contribution in [2.24, 2.45) is 0 Å². The van der Waals surface area contributed by atoms with Crippen LogP contribution in [0.15, 0.2) is 48.5 Å². The Morgan fingerprint density at radius 1 is 1.10 bits per heavy atom. The summed E-state index contributed by atoms with van der Waals surface area (Å²) in [4.78, 5) is 2.02. The summed E-state index contributed by atoms with van der Waals surface area (Å²) in [5.41, 5.74) is 3.27. The van der Waals surface area contributed by atoms with Gasteiger partial charge in [-0.1, -0.05) is 18.2 Å². The fourth-order valence-electron chi connectivity index (χ4n) is 2.16. The Bertz CT molecular complexity index is 555. The van der Waals surface area contributed by atoms with Gasteiger partial charge in [0.1, 0.15) is 5.75 Å². The van der Waals surface area contributed by atoms with Crippen LogP contribution in [-0.4, -0.2) is 32.4 Å². The molecule has 0 heterocycles. The van der Waals surface area contributed by atoms with Crippen LogP contribution in [0.1, 0.15) is 5.56 Å². The molecule has 112 valence electrons. The molecule has 0 aliphatic carbocycles. The van der Waals surface area contributed by atoms with Crippen molar-refractivity contribution in [1.82, 2.24) is 0 Å². The molecule has 0 unspecified atom stereocenters. The minimum absolute atomic E-state index is 0.157. The van der Waals surface area contributed by atoms with E-state index in [9.17, 15) is 0 Å². The third kappa shape index (κ3) is 4.13. The standard InChI is InChI=1S/C17H22N2O2/c1-19(11-12-20)16-9-7-15(8-10-16)18-13-14-5-3-4-6-17(14)21-2/h3-10,18,20H,11-13H2,1-2H3. The number of para-hydroxylation sites is 1. The van der Waals surface area contributed by atoms with Crippen molar-refractivity contribution in [3.63, 3.8) is 0 Å². The minimum atomic E-state index is 0.157. The topological polar surface area (TPSA) is 44.7 Å². The lowest BCUT2D eigenvalue weighted by atomic mass is 10.2. The molecule has 0 radical (unpaired) electrons. The Labute approximate surface area is 126 Å². The second-order valence-electron chi connectivity index (χ2n) is 4.86. The molecule has 2 aromatic rings. The molecule has 0 saturated heterocycles. The van der Waals surface area contributed by atoms with Crippen LogP contribution < -0.4 is 15.0 Å². The van der Waals surface area contributed by atoms with Crippen LogP contribution in [0.25, 0.3) is 0 Å². The predicted molar refractivity (Wildman–Crippen MR) is 87.1 cm³/mol. The van der Waals surface area contributed by atoms with Crippen molar-refractivity contribution in [2.45, 2.75) is 6.54 Å². The molecule has 0 atom stereocenters. The lowest BCUT2D eigenvalue weighted by Gasteiger charge is -2.18. The second kappa shape index (κ2) is 7.55. The highest BCUT2D eigenvalue weighted by molar-refractivity contribution is 5.55. The average Bonchev–Trinajstić information content (AvgIpc) is 2.54. The first-order chi connectivity index (χ1) is 10.2. The summed E-state index contributed by atoms with van der Waals surface area (Å²) >= 11 is 0. The quantitative estimate of drug-likeness (QED) is 0.821. The van der Waals surface area contributed by atoms with Gasteiger partial charge in [0.15, 0.2) is 0 Å². The van der Waals surface area contributed by atoms with Crippen molar-refractivity contribution in [2.75, 3.05) is 37.5 Å². The Hall–Kier alpha value is -2.20. The van der Waals surface area contributed by atoms with E-state index in [1.54, 1.807) is 7.11 Å². The first-order valence-electron chi connectivity index (χ1n) is 7.02. The third-order valence-corrected chi connectivity index (χ3v) is 3.42. The highest BCUT2D eigenvalue weighted by atomic mass is 16.5. The van der Waals surface area contributed by atoms with E-state index < -0.39 is 0 Å². The van der Waals surface area contributed by atoms with Crippen LogP contribution in [-0.2, 0) is 6.54 Å². The number of hydrogen-bond donors (Lipinski definition) is 2. The largest absolute Gasteiger partial charge is 0.496 e. The number of rotatable bonds is 7. The molecular weight excluding hydrogens is 264 g/mol. The molecule has 4 nitrogen and oxygen atoms in total. The van der Waals surface area contributed by atoms with Crippen molar-refractivity contribution in [3.05, 3.63) is 54.1 Å². The summed E-state index contributed by atoms with van der Waals surface area (Å²) < 4.78 is 5.34. The molecular formula is C17H22N2O2. The summed E-state index contributed by atoms with van der Waals surface area (Å²) in [7, 11) is 3.65. The summed E-state index contributed by atoms with van der Waals surface area (Å²) in [6.07, 6.45) is 0. The predicted octanol–water partition coefficient (Wildman–Crippen LogP) is 2.74. The van der Waals surface area contributed by atoms with Gasteiger partial charge in [0.05, 0.1) is 13.7 Å². The zero-order chi connectivity index (χ0) is 15.1. The van der Waals surface area contributed by atoms with E-state index in [-0.39, 0.29) is 6.61 Å². The number of aliphatic hydroxyl groups excluding tert-OH is 1. The highest BCUT2D eigenvalue weighted by Crippen LogP contribution is 2.20. The third-order valence-electron chi connectivity index (χ3n) is 3.42. The maximum atomic E-state index is 8.95. The molecule has 0 fully saturated rings. The number of likely N-dealkylation sites (N-methyl/N-ethyl adjacent to an activating group) is 1. The lowest BCUT2D eigenvalue weighted by molar-refractivity contribution is 0.304. The number of nitrogens with one attached hydrogen (secondary N) is 1. The normalized spacial score (nSPS) is 10.2. The van der Waals surface area contributed by atoms with Crippen molar-refractivity contribution < 1.29 is 9.84 Å². The van der Waals surface area contributed by atoms with Gasteiger partial charge in [-0.2, -0.15) is 0 Å². The molecule has 0 saturated carbocycles. The Morgan fingerprint density at radius 3 is 2.48 bits per heavy atom. The van der Waals surface area contributed by atoms with Gasteiger partial charge in [0.2, 0.25) is 0 Å². The van der Waals surface area contributed by atoms with E-state index in [0.717, 1.165) is 29.2 Å². The zero-order valence-electron chi connectivity index (χ0n) is 12.5. The van der Waals surface area contributed by atoms with E-state index in [1.807, 2.05) is 54.4 Å². The van der Waals surface area contributed by atoms with Crippen LogP contribution in [0.2, 0.25) is 0 Å². The molecule has 21 heavy (non-hydrogen) atoms. The SMILES string of the molecule is COc1ccccc1CNc1ccc(N(C)CCO)cc1. The van der Waals surface area contributed by atoms with Gasteiger partial charge in [-0.15, -0.1) is 0 Å². The highest BCUT2D eigenvalue weighted by Gasteiger charge is 2.02. The van der Waals surface area contributed by atoms with Gasteiger partial charge in [-0.05, 0) is 30.3 Å². The van der Waals surface area contributed by atoms with E-state index in [1.165, 1.54) is 0 Å². The maximum absolute atomic E-state index is 8.95. The summed E-state index contributed by atoms with van der Waals surface area (Å²) in [6.45, 7) is 1.51. The molecule has 2 N–H and O–H groups in total. The number of benzene rings is 2. The second-order valence-corrected chi connectivity index (χ2v) is 4.86. The molecule has 4 heteroatoms. The monoisotopic (exact) mass is 286 g/mol. The van der Waals surface area contributed by atoms with Crippen molar-refractivity contribution >= 4 is 11.4 Å². The number of methoxy groups -OCH3 is 1. The minimum Gasteiger partial charge on any atom is -0.496 e. The van der Waals surface area contributed by atoms with Gasteiger partial charge >= 0.3 is 0 Å². The number of hydrogen-bond acceptors (Lipinski definition) is 4. The molecule has 2 aromatic carbocycles. The lowest BCUT2D eigenvalue weighted by Crippen LogP contribution is -2.20. The van der Waals surface area contributed by atoms with E-state index in [4.69, 9.17) is 9.84 Å². The Balaban J connectivity index is 1.97. The Morgan fingerprint density at radius 2 is 1.81 bits per heavy atom. The number of anilines is 2. The fourth-order valence-corrected chi connectivity index (χ4v) is 2.16. The van der Waals surface area contributed by atoms with Crippen LogP contribution in [0.4, 0.5) is 11.4 Å². The van der Waals surface area contributed by atoms with Crippen LogP contribution in [0.3, 0.4) is 0 Å². The molecule has 2 rings (SSSR count). The van der Waals surface area contributed by atoms with Gasteiger partial charge in [-0.25, -0.2) is 0 Å². The maximum Gasteiger partial charge on any atom is 0.123 e. The van der Waals surface area contributed by atoms with Gasteiger partial charge < -0.3 is 20.1 Å². The first-order valence-corrected chi connectivity index (χ1v) is 7.02. The Kier molecular flexibility index (Phi) is 5.46. The molecule has 0 spiro atoms. The zero-order valence-corrected chi connectivity index (χ0v) is 12.5. The summed E-state index contributed by atoms with van der Waals surface area (Å²) in [5.74, 6) is 0.893. The number of ether oxygens (including phenoxy) is 1. The van der Waals surface area contributed by atoms with Crippen LogP contribution in [0, 0.1) is 0 Å². The molecule has 0 bridgehead atoms. The number of aliphatic hydroxyl groups is 1. The molecule has 0 aromatic heterocycles. The smallest absolute Gasteiger partial charge is 0.123 e. The summed E-state index contributed by atoms with van der Waals surface area (Å²) in [6, 6.07) is 16.2. The molecule has 0 aliphatic rings. The van der Waals surface area contributed by atoms with E-state index in [2.05, 4.69) is 11.4 Å². The van der Waals surface area contributed by atoms with Crippen molar-refractivity contribution in [1.29, 1.82) is 0 Å². The first kappa shape index (κ1) is 15.2. The fraction of sp³-hybridized carbons (Fsp3) is 0.294. The van der Waals surface area contributed by atoms with Crippen LogP contribution >= 0.6 is 0 Å². The van der Waals surface area contributed by atoms with Gasteiger partial charge in [-0.3, -0.25) is 0 Å². The van der Waals surface area contributed by atoms with Crippen LogP contribution in [0.5, 0.6) is 5.75 Å². The molecule has 0 aliphatic heterocycles.